The van der Waals surface area contributed by atoms with Gasteiger partial charge in [0.1, 0.15) is 0 Å². The van der Waals surface area contributed by atoms with Crippen molar-refractivity contribution in [3.05, 3.63) is 0 Å². The molecule has 152 valence electrons. The lowest BCUT2D eigenvalue weighted by atomic mass is 9.88. The Kier molecular flexibility index (Phi) is 12.4. The van der Waals surface area contributed by atoms with E-state index in [2.05, 4.69) is 0 Å². The minimum absolute atomic E-state index is 0.0668. The van der Waals surface area contributed by atoms with Gasteiger partial charge < -0.3 is 15.1 Å². The zero-order chi connectivity index (χ0) is 19.4. The van der Waals surface area contributed by atoms with E-state index in [1.165, 1.54) is 0 Å². The van der Waals surface area contributed by atoms with Crippen LogP contribution in [-0.2, 0) is 13.6 Å². The van der Waals surface area contributed by atoms with E-state index in [0.717, 1.165) is 38.5 Å². The SMILES string of the molecule is CC(C)(CO)CCCCCOP(=O)(O)OCCCCCC(C)(C)CO. The van der Waals surface area contributed by atoms with E-state index in [1.807, 2.05) is 27.7 Å². The van der Waals surface area contributed by atoms with Crippen molar-refractivity contribution in [3.8, 4) is 0 Å². The molecule has 0 radical (unpaired) electrons. The van der Waals surface area contributed by atoms with Crippen LogP contribution in [0.3, 0.4) is 0 Å². The number of phosphoric ester groups is 1. The molecule has 0 heterocycles. The summed E-state index contributed by atoms with van der Waals surface area (Å²) in [6.07, 6.45) is 6.94. The van der Waals surface area contributed by atoms with Gasteiger partial charge in [-0.3, -0.25) is 9.05 Å². The molecule has 0 aliphatic heterocycles. The van der Waals surface area contributed by atoms with Crippen molar-refractivity contribution in [2.75, 3.05) is 26.4 Å². The fourth-order valence-electron chi connectivity index (χ4n) is 2.32. The van der Waals surface area contributed by atoms with Crippen LogP contribution in [0.5, 0.6) is 0 Å². The van der Waals surface area contributed by atoms with Crippen LogP contribution < -0.4 is 0 Å². The van der Waals surface area contributed by atoms with E-state index in [0.29, 0.717) is 12.8 Å². The number of aliphatic hydroxyl groups excluding tert-OH is 2. The molecule has 6 nitrogen and oxygen atoms in total. The Balaban J connectivity index is 3.63. The number of rotatable bonds is 16. The van der Waals surface area contributed by atoms with Crippen LogP contribution in [0.1, 0.15) is 79.1 Å². The van der Waals surface area contributed by atoms with Crippen molar-refractivity contribution in [2.45, 2.75) is 79.1 Å². The maximum absolute atomic E-state index is 11.7. The number of phosphoric acid groups is 1. The van der Waals surface area contributed by atoms with Gasteiger partial charge in [0.05, 0.1) is 13.2 Å². The maximum Gasteiger partial charge on any atom is 0.472 e. The van der Waals surface area contributed by atoms with Gasteiger partial charge in [-0.1, -0.05) is 53.4 Å². The summed E-state index contributed by atoms with van der Waals surface area (Å²) < 4.78 is 21.7. The van der Waals surface area contributed by atoms with E-state index in [-0.39, 0.29) is 37.3 Å². The Labute approximate surface area is 153 Å². The van der Waals surface area contributed by atoms with Gasteiger partial charge in [-0.15, -0.1) is 0 Å². The van der Waals surface area contributed by atoms with Gasteiger partial charge in [0, 0.05) is 13.2 Å². The molecule has 0 aromatic carbocycles. The Bertz CT molecular complexity index is 352. The van der Waals surface area contributed by atoms with Gasteiger partial charge in [-0.25, -0.2) is 4.57 Å². The smallest absolute Gasteiger partial charge is 0.396 e. The van der Waals surface area contributed by atoms with Crippen LogP contribution in [0.4, 0.5) is 0 Å². The van der Waals surface area contributed by atoms with E-state index in [4.69, 9.17) is 19.3 Å². The number of aliphatic hydroxyl groups is 2. The first-order chi connectivity index (χ1) is 11.5. The highest BCUT2D eigenvalue weighted by Crippen LogP contribution is 2.43. The molecule has 0 aromatic rings. The highest BCUT2D eigenvalue weighted by molar-refractivity contribution is 7.47. The first-order valence-corrected chi connectivity index (χ1v) is 10.9. The maximum atomic E-state index is 11.7. The normalized spacial score (nSPS) is 13.4. The summed E-state index contributed by atoms with van der Waals surface area (Å²) in [5.41, 5.74) is -0.134. The predicted octanol–water partition coefficient (Wildman–Crippen LogP) is 4.28. The Morgan fingerprint density at radius 3 is 1.40 bits per heavy atom. The van der Waals surface area contributed by atoms with Crippen LogP contribution in [0, 0.1) is 10.8 Å². The average molecular weight is 382 g/mol. The second kappa shape index (κ2) is 12.4. The molecule has 0 spiro atoms. The lowest BCUT2D eigenvalue weighted by molar-refractivity contribution is 0.135. The van der Waals surface area contributed by atoms with Crippen molar-refractivity contribution in [1.82, 2.24) is 0 Å². The van der Waals surface area contributed by atoms with Gasteiger partial charge in [-0.2, -0.15) is 0 Å². The van der Waals surface area contributed by atoms with Crippen LogP contribution in [0.25, 0.3) is 0 Å². The van der Waals surface area contributed by atoms with Crippen molar-refractivity contribution in [2.24, 2.45) is 10.8 Å². The topological polar surface area (TPSA) is 96.2 Å². The summed E-state index contributed by atoms with van der Waals surface area (Å²) in [5, 5.41) is 18.3. The van der Waals surface area contributed by atoms with Gasteiger partial charge in [0.2, 0.25) is 0 Å². The molecule has 0 saturated heterocycles. The molecule has 0 rings (SSSR count). The van der Waals surface area contributed by atoms with Gasteiger partial charge in [-0.05, 0) is 36.5 Å². The van der Waals surface area contributed by atoms with Crippen LogP contribution in [-0.4, -0.2) is 41.5 Å². The molecule has 7 heteroatoms. The first kappa shape index (κ1) is 25.0. The monoisotopic (exact) mass is 382 g/mol. The molecular formula is C18H39O6P. The largest absolute Gasteiger partial charge is 0.472 e. The minimum atomic E-state index is -3.95. The standard InChI is InChI=1S/C18H39O6P/c1-17(2,15-19)11-7-5-9-13-23-25(21,22)24-14-10-6-8-12-18(3,4)16-20/h19-20H,5-16H2,1-4H3,(H,21,22). The number of hydrogen-bond acceptors (Lipinski definition) is 5. The Hall–Kier alpha value is 0.0300. The zero-order valence-electron chi connectivity index (χ0n) is 16.5. The fourth-order valence-corrected chi connectivity index (χ4v) is 3.11. The van der Waals surface area contributed by atoms with Crippen molar-refractivity contribution < 1.29 is 28.7 Å². The highest BCUT2D eigenvalue weighted by atomic mass is 31.2. The summed E-state index contributed by atoms with van der Waals surface area (Å²) >= 11 is 0. The third-order valence-corrected chi connectivity index (χ3v) is 5.38. The highest BCUT2D eigenvalue weighted by Gasteiger charge is 2.21. The molecule has 0 aromatic heterocycles. The third kappa shape index (κ3) is 14.8. The zero-order valence-corrected chi connectivity index (χ0v) is 17.4. The molecule has 0 fully saturated rings. The quantitative estimate of drug-likeness (QED) is 0.272. The summed E-state index contributed by atoms with van der Waals surface area (Å²) in [6.45, 7) is 8.82. The molecule has 0 aliphatic rings. The van der Waals surface area contributed by atoms with Gasteiger partial charge >= 0.3 is 7.82 Å². The second-order valence-corrected chi connectivity index (χ2v) is 9.85. The minimum Gasteiger partial charge on any atom is -0.396 e. The summed E-state index contributed by atoms with van der Waals surface area (Å²) in [7, 11) is -3.95. The lowest BCUT2D eigenvalue weighted by Gasteiger charge is -2.21. The van der Waals surface area contributed by atoms with Crippen LogP contribution in [0.15, 0.2) is 0 Å². The van der Waals surface area contributed by atoms with Crippen molar-refractivity contribution >= 4 is 7.82 Å². The summed E-state index contributed by atoms with van der Waals surface area (Å²) in [5.74, 6) is 0. The van der Waals surface area contributed by atoms with Gasteiger partial charge in [0.25, 0.3) is 0 Å². The number of hydrogen-bond donors (Lipinski definition) is 3. The van der Waals surface area contributed by atoms with E-state index >= 15 is 0 Å². The molecule has 0 amide bonds. The van der Waals surface area contributed by atoms with Crippen LogP contribution >= 0.6 is 7.82 Å². The molecule has 0 saturated carbocycles. The molecule has 3 N–H and O–H groups in total. The Morgan fingerprint density at radius 1 is 0.720 bits per heavy atom. The molecule has 0 unspecified atom stereocenters. The lowest BCUT2D eigenvalue weighted by Crippen LogP contribution is -2.16. The number of unbranched alkanes of at least 4 members (excludes halogenated alkanes) is 4. The van der Waals surface area contributed by atoms with Crippen molar-refractivity contribution in [1.29, 1.82) is 0 Å². The van der Waals surface area contributed by atoms with E-state index in [9.17, 15) is 9.46 Å². The fraction of sp³-hybridized carbons (Fsp3) is 1.00. The third-order valence-electron chi connectivity index (χ3n) is 4.36. The molecule has 0 aliphatic carbocycles. The van der Waals surface area contributed by atoms with Crippen LogP contribution in [0.2, 0.25) is 0 Å². The molecular weight excluding hydrogens is 343 g/mol. The second-order valence-electron chi connectivity index (χ2n) is 8.40. The van der Waals surface area contributed by atoms with Crippen molar-refractivity contribution in [3.63, 3.8) is 0 Å². The molecule has 0 bridgehead atoms. The summed E-state index contributed by atoms with van der Waals surface area (Å²) in [6, 6.07) is 0. The van der Waals surface area contributed by atoms with Gasteiger partial charge in [0.15, 0.2) is 0 Å². The average Bonchev–Trinajstić information content (AvgIpc) is 2.54. The Morgan fingerprint density at radius 2 is 1.08 bits per heavy atom. The molecule has 0 atom stereocenters. The van der Waals surface area contributed by atoms with E-state index in [1.54, 1.807) is 0 Å². The predicted molar refractivity (Wildman–Crippen MR) is 100 cm³/mol. The van der Waals surface area contributed by atoms with E-state index < -0.39 is 7.82 Å². The first-order valence-electron chi connectivity index (χ1n) is 9.37. The molecule has 25 heavy (non-hydrogen) atoms. The summed E-state index contributed by atoms with van der Waals surface area (Å²) in [4.78, 5) is 9.61.